The van der Waals surface area contributed by atoms with Crippen molar-refractivity contribution in [3.63, 3.8) is 0 Å². The van der Waals surface area contributed by atoms with Crippen LogP contribution in [0.15, 0.2) is 18.2 Å². The van der Waals surface area contributed by atoms with Gasteiger partial charge in [-0.1, -0.05) is 11.3 Å². The largest absolute Gasteiger partial charge is 0.302 e. The van der Waals surface area contributed by atoms with Gasteiger partial charge in [0.2, 0.25) is 5.91 Å². The summed E-state index contributed by atoms with van der Waals surface area (Å²) in [5.74, 6) is -1.98. The van der Waals surface area contributed by atoms with Gasteiger partial charge in [0.15, 0.2) is 5.13 Å². The van der Waals surface area contributed by atoms with Gasteiger partial charge in [-0.2, -0.15) is 8.42 Å². The van der Waals surface area contributed by atoms with Crippen molar-refractivity contribution in [1.82, 2.24) is 4.98 Å². The number of carbonyl (C=O) groups is 1. The van der Waals surface area contributed by atoms with Crippen LogP contribution in [0.1, 0.15) is 6.42 Å². The number of carbonyl (C=O) groups excluding carboxylic acids is 1. The van der Waals surface area contributed by atoms with Crippen LogP contribution < -0.4 is 4.90 Å². The molecule has 0 saturated carbocycles. The Labute approximate surface area is 123 Å². The Morgan fingerprint density at radius 2 is 2.19 bits per heavy atom. The summed E-state index contributed by atoms with van der Waals surface area (Å²) in [4.78, 5) is 17.4. The van der Waals surface area contributed by atoms with Crippen LogP contribution in [0.25, 0.3) is 10.2 Å². The molecule has 2 aromatic rings. The maximum atomic E-state index is 13.1. The van der Waals surface area contributed by atoms with Crippen LogP contribution in [0.3, 0.4) is 0 Å². The molecule has 112 valence electrons. The van der Waals surface area contributed by atoms with Crippen molar-refractivity contribution < 1.29 is 21.5 Å². The number of rotatable bonds is 3. The average Bonchev–Trinajstić information content (AvgIpc) is 2.89. The fourth-order valence-corrected chi connectivity index (χ4v) is 4.12. The SMILES string of the molecule is O=C1CC(CS(=O)(=O)F)CN1c1nc2cc(F)ccc2s1. The molecular formula is C12H10F2N2O3S2. The maximum Gasteiger partial charge on any atom is 0.302 e. The van der Waals surface area contributed by atoms with E-state index in [9.17, 15) is 21.5 Å². The summed E-state index contributed by atoms with van der Waals surface area (Å²) in [7, 11) is -4.61. The van der Waals surface area contributed by atoms with E-state index in [1.165, 1.54) is 28.4 Å². The zero-order valence-corrected chi connectivity index (χ0v) is 12.3. The molecule has 1 unspecified atom stereocenters. The topological polar surface area (TPSA) is 67.3 Å². The lowest BCUT2D eigenvalue weighted by atomic mass is 10.1. The number of nitrogens with zero attached hydrogens (tertiary/aromatic N) is 2. The minimum atomic E-state index is -4.61. The van der Waals surface area contributed by atoms with Crippen molar-refractivity contribution in [1.29, 1.82) is 0 Å². The predicted octanol–water partition coefficient (Wildman–Crippen LogP) is 2.09. The third-order valence-electron chi connectivity index (χ3n) is 3.21. The molecule has 1 amide bonds. The average molecular weight is 332 g/mol. The third-order valence-corrected chi connectivity index (χ3v) is 5.14. The van der Waals surface area contributed by atoms with E-state index in [1.54, 1.807) is 6.07 Å². The molecule has 0 N–H and O–H groups in total. The van der Waals surface area contributed by atoms with E-state index in [0.29, 0.717) is 10.6 Å². The summed E-state index contributed by atoms with van der Waals surface area (Å²) in [6, 6.07) is 4.13. The quantitative estimate of drug-likeness (QED) is 0.807. The second-order valence-electron chi connectivity index (χ2n) is 4.89. The van der Waals surface area contributed by atoms with Gasteiger partial charge in [0.1, 0.15) is 5.82 Å². The lowest BCUT2D eigenvalue weighted by Gasteiger charge is -2.11. The van der Waals surface area contributed by atoms with Crippen LogP contribution >= 0.6 is 11.3 Å². The molecule has 1 saturated heterocycles. The normalized spacial score (nSPS) is 19.6. The van der Waals surface area contributed by atoms with Crippen molar-refractivity contribution in [3.05, 3.63) is 24.0 Å². The third kappa shape index (κ3) is 3.03. The van der Waals surface area contributed by atoms with Crippen LogP contribution in [-0.2, 0) is 15.0 Å². The van der Waals surface area contributed by atoms with Crippen LogP contribution in [-0.4, -0.2) is 31.6 Å². The number of hydrogen-bond acceptors (Lipinski definition) is 5. The Morgan fingerprint density at radius 3 is 2.90 bits per heavy atom. The Bertz CT molecular complexity index is 819. The smallest absolute Gasteiger partial charge is 0.288 e. The molecule has 5 nitrogen and oxygen atoms in total. The Balaban J connectivity index is 1.87. The molecule has 2 heterocycles. The second-order valence-corrected chi connectivity index (χ2v) is 7.31. The summed E-state index contributed by atoms with van der Waals surface area (Å²) in [5.41, 5.74) is 0.435. The predicted molar refractivity (Wildman–Crippen MR) is 74.9 cm³/mol. The molecular weight excluding hydrogens is 322 g/mol. The van der Waals surface area contributed by atoms with E-state index < -0.39 is 27.7 Å². The molecule has 1 aromatic heterocycles. The lowest BCUT2D eigenvalue weighted by Crippen LogP contribution is -2.25. The number of halogens is 2. The van der Waals surface area contributed by atoms with Crippen molar-refractivity contribution in [2.45, 2.75) is 6.42 Å². The first-order valence-electron chi connectivity index (χ1n) is 6.10. The van der Waals surface area contributed by atoms with Crippen molar-refractivity contribution in [2.24, 2.45) is 5.92 Å². The molecule has 9 heteroatoms. The summed E-state index contributed by atoms with van der Waals surface area (Å²) in [5, 5.41) is 0.374. The molecule has 1 aliphatic rings. The van der Waals surface area contributed by atoms with Crippen molar-refractivity contribution >= 4 is 42.8 Å². The summed E-state index contributed by atoms with van der Waals surface area (Å²) in [6.45, 7) is 0.101. The monoisotopic (exact) mass is 332 g/mol. The first-order chi connectivity index (χ1) is 9.82. The standard InChI is InChI=1S/C12H10F2N2O3S2/c13-8-1-2-10-9(4-8)15-12(20-10)16-5-7(3-11(16)17)6-21(14,18)19/h1-2,4,7H,3,5-6H2. The number of benzene rings is 1. The minimum absolute atomic E-state index is 0.0343. The molecule has 21 heavy (non-hydrogen) atoms. The van der Waals surface area contributed by atoms with Gasteiger partial charge in [0, 0.05) is 24.9 Å². The molecule has 0 bridgehead atoms. The highest BCUT2D eigenvalue weighted by Crippen LogP contribution is 2.33. The number of amides is 1. The van der Waals surface area contributed by atoms with Gasteiger partial charge in [0.25, 0.3) is 0 Å². The van der Waals surface area contributed by atoms with E-state index in [-0.39, 0.29) is 18.9 Å². The van der Waals surface area contributed by atoms with Gasteiger partial charge in [-0.25, -0.2) is 9.37 Å². The first kappa shape index (κ1) is 14.3. The Kier molecular flexibility index (Phi) is 3.40. The zero-order chi connectivity index (χ0) is 15.2. The summed E-state index contributed by atoms with van der Waals surface area (Å²) in [6.07, 6.45) is -0.0343. The van der Waals surface area contributed by atoms with Crippen molar-refractivity contribution in [3.8, 4) is 0 Å². The van der Waals surface area contributed by atoms with E-state index >= 15 is 0 Å². The number of hydrogen-bond donors (Lipinski definition) is 0. The van der Waals surface area contributed by atoms with E-state index in [0.717, 1.165) is 4.70 Å². The molecule has 1 atom stereocenters. The maximum absolute atomic E-state index is 13.1. The molecule has 3 rings (SSSR count). The minimum Gasteiger partial charge on any atom is -0.288 e. The lowest BCUT2D eigenvalue weighted by molar-refractivity contribution is -0.117. The Morgan fingerprint density at radius 1 is 1.43 bits per heavy atom. The van der Waals surface area contributed by atoms with Gasteiger partial charge < -0.3 is 0 Å². The number of fused-ring (bicyclic) bond motifs is 1. The molecule has 1 aliphatic heterocycles. The molecule has 1 fully saturated rings. The van der Waals surface area contributed by atoms with Crippen LogP contribution in [0.4, 0.5) is 13.4 Å². The van der Waals surface area contributed by atoms with Crippen LogP contribution in [0, 0.1) is 11.7 Å². The Hall–Kier alpha value is -1.61. The van der Waals surface area contributed by atoms with Gasteiger partial charge in [0.05, 0.1) is 16.0 Å². The van der Waals surface area contributed by atoms with Crippen LogP contribution in [0.2, 0.25) is 0 Å². The highest BCUT2D eigenvalue weighted by molar-refractivity contribution is 7.86. The summed E-state index contributed by atoms with van der Waals surface area (Å²) >= 11 is 1.21. The summed E-state index contributed by atoms with van der Waals surface area (Å²) < 4.78 is 47.9. The molecule has 0 radical (unpaired) electrons. The molecule has 1 aromatic carbocycles. The highest BCUT2D eigenvalue weighted by Gasteiger charge is 2.35. The van der Waals surface area contributed by atoms with Gasteiger partial charge in [-0.05, 0) is 12.1 Å². The molecule has 0 spiro atoms. The molecule has 0 aliphatic carbocycles. The number of anilines is 1. The first-order valence-corrected chi connectivity index (χ1v) is 8.47. The van der Waals surface area contributed by atoms with E-state index in [4.69, 9.17) is 0 Å². The van der Waals surface area contributed by atoms with Gasteiger partial charge in [-0.3, -0.25) is 9.69 Å². The van der Waals surface area contributed by atoms with Gasteiger partial charge >= 0.3 is 10.2 Å². The number of aromatic nitrogens is 1. The highest BCUT2D eigenvalue weighted by atomic mass is 32.3. The fourth-order valence-electron chi connectivity index (χ4n) is 2.36. The van der Waals surface area contributed by atoms with Gasteiger partial charge in [-0.15, -0.1) is 3.89 Å². The van der Waals surface area contributed by atoms with E-state index in [1.807, 2.05) is 0 Å². The zero-order valence-electron chi connectivity index (χ0n) is 10.6. The van der Waals surface area contributed by atoms with Crippen molar-refractivity contribution in [2.75, 3.05) is 17.2 Å². The second kappa shape index (κ2) is 4.99. The number of thiazole rings is 1. The fraction of sp³-hybridized carbons (Fsp3) is 0.333. The van der Waals surface area contributed by atoms with E-state index in [2.05, 4.69) is 4.98 Å². The van der Waals surface area contributed by atoms with Crippen LogP contribution in [0.5, 0.6) is 0 Å².